The van der Waals surface area contributed by atoms with E-state index in [1.807, 2.05) is 6.08 Å². The van der Waals surface area contributed by atoms with Crippen molar-refractivity contribution in [1.29, 1.82) is 0 Å². The quantitative estimate of drug-likeness (QED) is 0.748. The van der Waals surface area contributed by atoms with Crippen molar-refractivity contribution in [2.75, 3.05) is 14.2 Å². The molecule has 0 unspecified atom stereocenters. The summed E-state index contributed by atoms with van der Waals surface area (Å²) in [7, 11) is 3.16. The maximum absolute atomic E-state index is 12.2. The smallest absolute Gasteiger partial charge is 0.192 e. The molecule has 0 heterocycles. The summed E-state index contributed by atoms with van der Waals surface area (Å²) in [5.74, 6) is 1.34. The molecule has 1 aromatic rings. The molecule has 0 bridgehead atoms. The van der Waals surface area contributed by atoms with Crippen LogP contribution in [-0.2, 0) is 0 Å². The standard InChI is InChI=1S/C14H16O3/c1-16-11-7-8-12(13(9-11)17-2)14(15)10-5-3-4-6-10/h5,7-9H,3-4,6H2,1-2H3. The van der Waals surface area contributed by atoms with E-state index in [9.17, 15) is 4.79 Å². The molecule has 0 amide bonds. The van der Waals surface area contributed by atoms with E-state index < -0.39 is 0 Å². The van der Waals surface area contributed by atoms with Crippen molar-refractivity contribution < 1.29 is 14.3 Å². The highest BCUT2D eigenvalue weighted by Crippen LogP contribution is 2.29. The van der Waals surface area contributed by atoms with Crippen LogP contribution in [0.15, 0.2) is 29.8 Å². The fourth-order valence-electron chi connectivity index (χ4n) is 2.04. The number of hydrogen-bond acceptors (Lipinski definition) is 3. The Morgan fingerprint density at radius 1 is 1.24 bits per heavy atom. The lowest BCUT2D eigenvalue weighted by Crippen LogP contribution is -2.04. The summed E-state index contributed by atoms with van der Waals surface area (Å²) in [6.45, 7) is 0. The molecule has 90 valence electrons. The van der Waals surface area contributed by atoms with Gasteiger partial charge in [0.25, 0.3) is 0 Å². The van der Waals surface area contributed by atoms with Gasteiger partial charge in [0.15, 0.2) is 5.78 Å². The van der Waals surface area contributed by atoms with E-state index in [0.717, 1.165) is 24.8 Å². The third-order valence-electron chi connectivity index (χ3n) is 2.99. The second-order valence-electron chi connectivity index (χ2n) is 4.02. The van der Waals surface area contributed by atoms with Crippen LogP contribution in [0.3, 0.4) is 0 Å². The van der Waals surface area contributed by atoms with Crippen molar-refractivity contribution in [2.24, 2.45) is 0 Å². The lowest BCUT2D eigenvalue weighted by molar-refractivity contribution is 0.102. The number of hydrogen-bond donors (Lipinski definition) is 0. The Kier molecular flexibility index (Phi) is 3.47. The van der Waals surface area contributed by atoms with Gasteiger partial charge in [0.2, 0.25) is 0 Å². The van der Waals surface area contributed by atoms with Gasteiger partial charge >= 0.3 is 0 Å². The average Bonchev–Trinajstić information content (AvgIpc) is 2.91. The van der Waals surface area contributed by atoms with Crippen LogP contribution in [0.5, 0.6) is 11.5 Å². The average molecular weight is 232 g/mol. The fraction of sp³-hybridized carbons (Fsp3) is 0.357. The normalized spacial score (nSPS) is 14.4. The minimum absolute atomic E-state index is 0.0713. The van der Waals surface area contributed by atoms with Gasteiger partial charge in [0.05, 0.1) is 19.8 Å². The number of rotatable bonds is 4. The minimum atomic E-state index is 0.0713. The monoisotopic (exact) mass is 232 g/mol. The second kappa shape index (κ2) is 5.04. The molecular weight excluding hydrogens is 216 g/mol. The Labute approximate surface area is 101 Å². The third-order valence-corrected chi connectivity index (χ3v) is 2.99. The molecule has 2 rings (SSSR count). The molecule has 0 fully saturated rings. The number of allylic oxidation sites excluding steroid dienone is 2. The van der Waals surface area contributed by atoms with Gasteiger partial charge in [-0.2, -0.15) is 0 Å². The van der Waals surface area contributed by atoms with E-state index in [2.05, 4.69) is 0 Å². The molecule has 0 radical (unpaired) electrons. The van der Waals surface area contributed by atoms with Crippen molar-refractivity contribution in [3.05, 3.63) is 35.4 Å². The minimum Gasteiger partial charge on any atom is -0.497 e. The van der Waals surface area contributed by atoms with Gasteiger partial charge in [-0.25, -0.2) is 0 Å². The van der Waals surface area contributed by atoms with Crippen LogP contribution in [0.4, 0.5) is 0 Å². The Balaban J connectivity index is 2.34. The number of Topliss-reactive ketones (excluding diaryl/α,β-unsaturated/α-hetero) is 1. The maximum Gasteiger partial charge on any atom is 0.192 e. The first-order chi connectivity index (χ1) is 8.26. The summed E-state index contributed by atoms with van der Waals surface area (Å²) >= 11 is 0. The number of ether oxygens (including phenoxy) is 2. The zero-order valence-electron chi connectivity index (χ0n) is 10.2. The van der Waals surface area contributed by atoms with Crippen molar-refractivity contribution in [1.82, 2.24) is 0 Å². The van der Waals surface area contributed by atoms with Crippen LogP contribution in [0.2, 0.25) is 0 Å². The van der Waals surface area contributed by atoms with Crippen LogP contribution in [0.1, 0.15) is 29.6 Å². The highest BCUT2D eigenvalue weighted by molar-refractivity contribution is 6.10. The SMILES string of the molecule is COc1ccc(C(=O)C2=CCCC2)c(OC)c1. The summed E-state index contributed by atoms with van der Waals surface area (Å²) in [5, 5.41) is 0. The first kappa shape index (κ1) is 11.7. The first-order valence-electron chi connectivity index (χ1n) is 5.72. The lowest BCUT2D eigenvalue weighted by atomic mass is 10.0. The highest BCUT2D eigenvalue weighted by atomic mass is 16.5. The topological polar surface area (TPSA) is 35.5 Å². The van der Waals surface area contributed by atoms with Gasteiger partial charge < -0.3 is 9.47 Å². The van der Waals surface area contributed by atoms with Crippen molar-refractivity contribution in [3.8, 4) is 11.5 Å². The van der Waals surface area contributed by atoms with Crippen LogP contribution in [0.25, 0.3) is 0 Å². The molecule has 0 saturated carbocycles. The van der Waals surface area contributed by atoms with Crippen molar-refractivity contribution in [3.63, 3.8) is 0 Å². The molecule has 0 aliphatic heterocycles. The summed E-state index contributed by atoms with van der Waals surface area (Å²) in [4.78, 5) is 12.2. The Bertz CT molecular complexity index is 461. The number of ketones is 1. The predicted molar refractivity (Wildman–Crippen MR) is 65.8 cm³/mol. The molecule has 0 N–H and O–H groups in total. The number of benzene rings is 1. The summed E-state index contributed by atoms with van der Waals surface area (Å²) in [5.41, 5.74) is 1.51. The number of carbonyl (C=O) groups excluding carboxylic acids is 1. The van der Waals surface area contributed by atoms with Gasteiger partial charge in [-0.3, -0.25) is 4.79 Å². The van der Waals surface area contributed by atoms with E-state index in [1.54, 1.807) is 32.4 Å². The zero-order valence-corrected chi connectivity index (χ0v) is 10.2. The van der Waals surface area contributed by atoms with Crippen LogP contribution >= 0.6 is 0 Å². The largest absolute Gasteiger partial charge is 0.497 e. The Hall–Kier alpha value is -1.77. The molecule has 1 aromatic carbocycles. The molecule has 1 aliphatic rings. The van der Waals surface area contributed by atoms with E-state index in [0.29, 0.717) is 17.1 Å². The van der Waals surface area contributed by atoms with E-state index in [4.69, 9.17) is 9.47 Å². The van der Waals surface area contributed by atoms with Gasteiger partial charge in [-0.05, 0) is 37.0 Å². The summed E-state index contributed by atoms with van der Waals surface area (Å²) in [6.07, 6.45) is 4.96. The number of carbonyl (C=O) groups is 1. The number of methoxy groups -OCH3 is 2. The highest BCUT2D eigenvalue weighted by Gasteiger charge is 2.19. The Morgan fingerprint density at radius 2 is 2.06 bits per heavy atom. The summed E-state index contributed by atoms with van der Waals surface area (Å²) in [6, 6.07) is 5.28. The zero-order chi connectivity index (χ0) is 12.3. The van der Waals surface area contributed by atoms with E-state index >= 15 is 0 Å². The van der Waals surface area contributed by atoms with E-state index in [-0.39, 0.29) is 5.78 Å². The molecule has 1 aliphatic carbocycles. The van der Waals surface area contributed by atoms with Crippen LogP contribution < -0.4 is 9.47 Å². The molecule has 17 heavy (non-hydrogen) atoms. The maximum atomic E-state index is 12.2. The summed E-state index contributed by atoms with van der Waals surface area (Å²) < 4.78 is 10.4. The molecule has 3 heteroatoms. The molecule has 0 saturated heterocycles. The molecule has 0 aromatic heterocycles. The molecule has 0 spiro atoms. The van der Waals surface area contributed by atoms with Gasteiger partial charge in [-0.1, -0.05) is 6.08 Å². The molecule has 0 atom stereocenters. The lowest BCUT2D eigenvalue weighted by Gasteiger charge is -2.09. The van der Waals surface area contributed by atoms with Gasteiger partial charge in [0, 0.05) is 6.07 Å². The van der Waals surface area contributed by atoms with Gasteiger partial charge in [0.1, 0.15) is 11.5 Å². The first-order valence-corrected chi connectivity index (χ1v) is 5.72. The molecule has 3 nitrogen and oxygen atoms in total. The predicted octanol–water partition coefficient (Wildman–Crippen LogP) is 3.00. The van der Waals surface area contributed by atoms with Crippen molar-refractivity contribution in [2.45, 2.75) is 19.3 Å². The molecular formula is C14H16O3. The fourth-order valence-corrected chi connectivity index (χ4v) is 2.04. The Morgan fingerprint density at radius 3 is 2.65 bits per heavy atom. The van der Waals surface area contributed by atoms with Crippen LogP contribution in [0, 0.1) is 0 Å². The van der Waals surface area contributed by atoms with E-state index in [1.165, 1.54) is 0 Å². The third kappa shape index (κ3) is 2.33. The van der Waals surface area contributed by atoms with Crippen LogP contribution in [-0.4, -0.2) is 20.0 Å². The van der Waals surface area contributed by atoms with Crippen molar-refractivity contribution >= 4 is 5.78 Å². The second-order valence-corrected chi connectivity index (χ2v) is 4.02. The van der Waals surface area contributed by atoms with Gasteiger partial charge in [-0.15, -0.1) is 0 Å².